The highest BCUT2D eigenvalue weighted by molar-refractivity contribution is 6.07. The minimum atomic E-state index is -1.26. The molecule has 0 saturated carbocycles. The molecule has 0 saturated heterocycles. The van der Waals surface area contributed by atoms with Crippen LogP contribution in [0.2, 0.25) is 0 Å². The maximum atomic E-state index is 11.5. The van der Waals surface area contributed by atoms with Gasteiger partial charge in [0.1, 0.15) is 17.1 Å². The largest absolute Gasteiger partial charge is 0.545 e. The molecule has 1 aromatic heterocycles. The second-order valence-electron chi connectivity index (χ2n) is 4.55. The summed E-state index contributed by atoms with van der Waals surface area (Å²) in [6.07, 6.45) is 0. The van der Waals surface area contributed by atoms with Gasteiger partial charge in [-0.1, -0.05) is 30.3 Å². The van der Waals surface area contributed by atoms with Crippen molar-refractivity contribution in [2.75, 3.05) is 6.61 Å². The molecular weight excluding hydrogens is 268 g/mol. The van der Waals surface area contributed by atoms with Crippen molar-refractivity contribution in [3.8, 4) is 17.1 Å². The van der Waals surface area contributed by atoms with Gasteiger partial charge in [0.25, 0.3) is 0 Å². The van der Waals surface area contributed by atoms with Gasteiger partial charge in [-0.2, -0.15) is 0 Å². The van der Waals surface area contributed by atoms with Gasteiger partial charge < -0.3 is 19.1 Å². The molecule has 0 atom stereocenters. The van der Waals surface area contributed by atoms with Gasteiger partial charge in [-0.15, -0.1) is 0 Å². The summed E-state index contributed by atoms with van der Waals surface area (Å²) in [6, 6.07) is 14.2. The van der Waals surface area contributed by atoms with Crippen molar-refractivity contribution >= 4 is 16.9 Å². The van der Waals surface area contributed by atoms with Gasteiger partial charge in [-0.05, 0) is 25.1 Å². The average molecular weight is 281 g/mol. The Kier molecular flexibility index (Phi) is 3.36. The molecule has 4 heteroatoms. The molecule has 0 aliphatic heterocycles. The van der Waals surface area contributed by atoms with Crippen LogP contribution in [0.3, 0.4) is 0 Å². The van der Waals surface area contributed by atoms with Crippen LogP contribution in [0.4, 0.5) is 0 Å². The van der Waals surface area contributed by atoms with Crippen LogP contribution < -0.4 is 9.84 Å². The van der Waals surface area contributed by atoms with Gasteiger partial charge in [-0.25, -0.2) is 0 Å². The van der Waals surface area contributed by atoms with Crippen LogP contribution in [0.15, 0.2) is 52.9 Å². The van der Waals surface area contributed by atoms with Crippen LogP contribution in [-0.4, -0.2) is 12.6 Å². The second kappa shape index (κ2) is 5.32. The molecule has 0 fully saturated rings. The summed E-state index contributed by atoms with van der Waals surface area (Å²) < 4.78 is 11.1. The summed E-state index contributed by atoms with van der Waals surface area (Å²) in [5.74, 6) is -0.353. The lowest BCUT2D eigenvalue weighted by molar-refractivity contribution is -0.254. The third kappa shape index (κ3) is 2.36. The number of benzene rings is 2. The predicted octanol–water partition coefficient (Wildman–Crippen LogP) is 2.86. The van der Waals surface area contributed by atoms with Crippen LogP contribution in [0.1, 0.15) is 17.3 Å². The molecule has 1 heterocycles. The third-order valence-electron chi connectivity index (χ3n) is 3.21. The van der Waals surface area contributed by atoms with Gasteiger partial charge >= 0.3 is 0 Å². The monoisotopic (exact) mass is 281 g/mol. The summed E-state index contributed by atoms with van der Waals surface area (Å²) >= 11 is 0. The Morgan fingerprint density at radius 1 is 1.19 bits per heavy atom. The Hall–Kier alpha value is -2.75. The van der Waals surface area contributed by atoms with Gasteiger partial charge in [0.2, 0.25) is 0 Å². The zero-order valence-corrected chi connectivity index (χ0v) is 11.5. The molecule has 0 spiro atoms. The first-order valence-corrected chi connectivity index (χ1v) is 6.67. The maximum Gasteiger partial charge on any atom is 0.144 e. The van der Waals surface area contributed by atoms with Gasteiger partial charge in [0.05, 0.1) is 18.1 Å². The van der Waals surface area contributed by atoms with Crippen molar-refractivity contribution in [1.82, 2.24) is 0 Å². The third-order valence-corrected chi connectivity index (χ3v) is 3.21. The highest BCUT2D eigenvalue weighted by Crippen LogP contribution is 2.35. The lowest BCUT2D eigenvalue weighted by Crippen LogP contribution is -2.22. The van der Waals surface area contributed by atoms with E-state index >= 15 is 0 Å². The summed E-state index contributed by atoms with van der Waals surface area (Å²) in [6.45, 7) is 2.38. The molecule has 3 rings (SSSR count). The molecule has 0 amide bonds. The fraction of sp³-hybridized carbons (Fsp3) is 0.118. The fourth-order valence-corrected chi connectivity index (χ4v) is 2.33. The topological polar surface area (TPSA) is 62.5 Å². The Bertz CT molecular complexity index is 787. The van der Waals surface area contributed by atoms with Crippen molar-refractivity contribution in [2.24, 2.45) is 0 Å². The molecule has 106 valence electrons. The number of hydrogen-bond acceptors (Lipinski definition) is 4. The van der Waals surface area contributed by atoms with E-state index in [0.717, 1.165) is 0 Å². The lowest BCUT2D eigenvalue weighted by atomic mass is 10.1. The van der Waals surface area contributed by atoms with E-state index in [1.54, 1.807) is 30.3 Å². The van der Waals surface area contributed by atoms with E-state index in [4.69, 9.17) is 9.15 Å². The average Bonchev–Trinajstić information content (AvgIpc) is 2.87. The van der Waals surface area contributed by atoms with Crippen LogP contribution in [0.5, 0.6) is 5.75 Å². The Labute approximate surface area is 121 Å². The number of hydrogen-bond donors (Lipinski definition) is 0. The predicted molar refractivity (Wildman–Crippen MR) is 77.1 cm³/mol. The van der Waals surface area contributed by atoms with E-state index in [2.05, 4.69) is 0 Å². The number of rotatable bonds is 4. The Morgan fingerprint density at radius 2 is 1.95 bits per heavy atom. The summed E-state index contributed by atoms with van der Waals surface area (Å²) in [5.41, 5.74) is 1.25. The first kappa shape index (κ1) is 13.2. The van der Waals surface area contributed by atoms with E-state index in [1.807, 2.05) is 25.1 Å². The number of carboxylic acids is 1. The number of carbonyl (C=O) groups excluding carboxylic acids is 1. The van der Waals surface area contributed by atoms with Gasteiger partial charge in [0, 0.05) is 10.9 Å². The van der Waals surface area contributed by atoms with E-state index in [9.17, 15) is 9.90 Å². The van der Waals surface area contributed by atoms with Crippen molar-refractivity contribution in [2.45, 2.75) is 6.92 Å². The number of fused-ring (bicyclic) bond motifs is 1. The van der Waals surface area contributed by atoms with Crippen molar-refractivity contribution < 1.29 is 19.1 Å². The minimum absolute atomic E-state index is 0.0535. The summed E-state index contributed by atoms with van der Waals surface area (Å²) in [4.78, 5) is 11.5. The highest BCUT2D eigenvalue weighted by atomic mass is 16.5. The second-order valence-corrected chi connectivity index (χ2v) is 4.55. The summed E-state index contributed by atoms with van der Waals surface area (Å²) in [7, 11) is 0. The van der Waals surface area contributed by atoms with E-state index in [0.29, 0.717) is 34.6 Å². The van der Waals surface area contributed by atoms with E-state index in [1.165, 1.54) is 0 Å². The van der Waals surface area contributed by atoms with E-state index < -0.39 is 5.97 Å². The quantitative estimate of drug-likeness (QED) is 0.737. The van der Waals surface area contributed by atoms with Crippen molar-refractivity contribution in [3.05, 3.63) is 54.1 Å². The van der Waals surface area contributed by atoms with Crippen LogP contribution in [-0.2, 0) is 0 Å². The fourth-order valence-electron chi connectivity index (χ4n) is 2.33. The highest BCUT2D eigenvalue weighted by Gasteiger charge is 2.17. The van der Waals surface area contributed by atoms with Crippen molar-refractivity contribution in [1.29, 1.82) is 0 Å². The normalized spacial score (nSPS) is 10.7. The van der Waals surface area contributed by atoms with Crippen LogP contribution in [0, 0.1) is 0 Å². The molecule has 0 N–H and O–H groups in total. The van der Waals surface area contributed by atoms with Crippen molar-refractivity contribution in [3.63, 3.8) is 0 Å². The van der Waals surface area contributed by atoms with Crippen LogP contribution in [0.25, 0.3) is 22.3 Å². The number of aromatic carboxylic acids is 1. The smallest absolute Gasteiger partial charge is 0.144 e. The molecule has 0 radical (unpaired) electrons. The Morgan fingerprint density at radius 3 is 2.62 bits per heavy atom. The molecular formula is C17H13O4-. The van der Waals surface area contributed by atoms with Gasteiger partial charge in [0.15, 0.2) is 0 Å². The summed E-state index contributed by atoms with van der Waals surface area (Å²) in [5, 5.41) is 12.0. The molecule has 0 aliphatic rings. The number of carbonyl (C=O) groups is 1. The zero-order chi connectivity index (χ0) is 14.8. The molecule has 0 aliphatic carbocycles. The molecule has 21 heavy (non-hydrogen) atoms. The maximum absolute atomic E-state index is 11.5. The first-order chi connectivity index (χ1) is 10.2. The standard InChI is InChI=1S/C17H14O4/c1-2-20-12-8-9-14-13(10-12)15(17(18)19)16(21-14)11-6-4-3-5-7-11/h3-10H,2H2,1H3,(H,18,19)/p-1. The number of carboxylic acid groups (broad SMARTS) is 1. The molecule has 0 bridgehead atoms. The number of ether oxygens (including phenoxy) is 1. The zero-order valence-electron chi connectivity index (χ0n) is 11.5. The van der Waals surface area contributed by atoms with E-state index in [-0.39, 0.29) is 5.56 Å². The first-order valence-electron chi connectivity index (χ1n) is 6.67. The molecule has 2 aromatic carbocycles. The molecule has 0 unspecified atom stereocenters. The van der Waals surface area contributed by atoms with Gasteiger partial charge in [-0.3, -0.25) is 0 Å². The van der Waals surface area contributed by atoms with Crippen LogP contribution >= 0.6 is 0 Å². The minimum Gasteiger partial charge on any atom is -0.545 e. The molecule has 4 nitrogen and oxygen atoms in total. The molecule has 3 aromatic rings. The SMILES string of the molecule is CCOc1ccc2oc(-c3ccccc3)c(C(=O)[O-])c2c1. The Balaban J connectivity index is 2.26. The number of furan rings is 1. The lowest BCUT2D eigenvalue weighted by Gasteiger charge is -2.05.